The summed E-state index contributed by atoms with van der Waals surface area (Å²) < 4.78 is 10.4. The molecule has 0 fully saturated rings. The summed E-state index contributed by atoms with van der Waals surface area (Å²) in [5.41, 5.74) is 10.3. The van der Waals surface area contributed by atoms with Crippen LogP contribution in [-0.4, -0.2) is 19.3 Å². The second-order valence-corrected chi connectivity index (χ2v) is 12.0. The Morgan fingerprint density at radius 1 is 0.822 bits per heavy atom. The van der Waals surface area contributed by atoms with Gasteiger partial charge in [0.1, 0.15) is 5.82 Å². The molecule has 0 radical (unpaired) electrons. The van der Waals surface area contributed by atoms with Crippen LogP contribution in [0.15, 0.2) is 97.5 Å². The van der Waals surface area contributed by atoms with Gasteiger partial charge in [-0.05, 0) is 84.6 Å². The summed E-state index contributed by atoms with van der Waals surface area (Å²) in [6.07, 6.45) is 6.90. The number of hydrogen-bond acceptors (Lipinski definition) is 3. The summed E-state index contributed by atoms with van der Waals surface area (Å²) in [5, 5.41) is 6.97. The predicted octanol–water partition coefficient (Wildman–Crippen LogP) is 9.55. The first-order chi connectivity index (χ1) is 21.3. The van der Waals surface area contributed by atoms with Crippen LogP contribution in [-0.2, 0) is 27.5 Å². The maximum atomic E-state index is 6.36. The van der Waals surface area contributed by atoms with Crippen LogP contribution in [0.4, 0.5) is 0 Å². The molecule has 0 bridgehead atoms. The van der Waals surface area contributed by atoms with E-state index in [1.807, 2.05) is 47.4 Å². The molecule has 0 aliphatic heterocycles. The number of para-hydroxylation sites is 1. The van der Waals surface area contributed by atoms with Gasteiger partial charge in [0.2, 0.25) is 0 Å². The third kappa shape index (κ3) is 5.97. The second kappa shape index (κ2) is 12.5. The number of pyridine rings is 1. The van der Waals surface area contributed by atoms with E-state index in [0.717, 1.165) is 50.9 Å². The number of nitrogens with zero attached hydrogens (tertiary/aromatic N) is 4. The van der Waals surface area contributed by atoms with Crippen molar-refractivity contribution in [2.45, 2.75) is 41.0 Å². The average Bonchev–Trinajstić information content (AvgIpc) is 3.60. The number of rotatable bonds is 7. The second-order valence-electron chi connectivity index (χ2n) is 12.0. The van der Waals surface area contributed by atoms with E-state index < -0.39 is 0 Å². The third-order valence-electron chi connectivity index (χ3n) is 7.97. The largest absolute Gasteiger partial charge is 2.00 e. The first-order valence-corrected chi connectivity index (χ1v) is 15.1. The fourth-order valence-electron chi connectivity index (χ4n) is 6.22. The summed E-state index contributed by atoms with van der Waals surface area (Å²) in [6.45, 7) is 11.0. The Morgan fingerprint density at radius 2 is 1.64 bits per heavy atom. The zero-order valence-electron chi connectivity index (χ0n) is 26.0. The first kappa shape index (κ1) is 30.6. The van der Waals surface area contributed by atoms with Crippen LogP contribution in [0.3, 0.4) is 0 Å². The van der Waals surface area contributed by atoms with Gasteiger partial charge in [-0.1, -0.05) is 55.3 Å². The van der Waals surface area contributed by atoms with E-state index in [0.29, 0.717) is 17.4 Å². The van der Waals surface area contributed by atoms with Crippen molar-refractivity contribution in [3.8, 4) is 34.1 Å². The van der Waals surface area contributed by atoms with Crippen molar-refractivity contribution >= 4 is 21.8 Å². The topological polar surface area (TPSA) is 44.9 Å². The Bertz CT molecular complexity index is 2160. The Hall–Kier alpha value is -4.47. The zero-order valence-corrected chi connectivity index (χ0v) is 28.3. The molecule has 5 nitrogen and oxygen atoms in total. The van der Waals surface area contributed by atoms with Crippen molar-refractivity contribution in [3.63, 3.8) is 0 Å². The molecule has 0 saturated carbocycles. The van der Waals surface area contributed by atoms with Crippen LogP contribution in [0, 0.1) is 38.8 Å². The summed E-state index contributed by atoms with van der Waals surface area (Å²) in [4.78, 5) is 4.68. The molecule has 4 aromatic carbocycles. The van der Waals surface area contributed by atoms with Crippen molar-refractivity contribution in [3.05, 3.63) is 132 Å². The molecule has 0 unspecified atom stereocenters. The van der Waals surface area contributed by atoms with E-state index in [9.17, 15) is 0 Å². The van der Waals surface area contributed by atoms with Gasteiger partial charge >= 0.3 is 21.1 Å². The number of hydrogen-bond donors (Lipinski definition) is 0. The molecule has 0 amide bonds. The van der Waals surface area contributed by atoms with Crippen LogP contribution in [0.2, 0.25) is 0 Å². The van der Waals surface area contributed by atoms with Gasteiger partial charge in [0.15, 0.2) is 0 Å². The molecule has 45 heavy (non-hydrogen) atoms. The SMILES string of the molecule is Cc1ccnc(-n2c3[c-]c(Oc4[c-]c(-n5cc(-c6c(C)cc(C)cc6CC(C)C)cn5)ccc4)ccc3c3ccccc32)c1.[Pt+2]. The average molecular weight is 770 g/mol. The fraction of sp³-hybridized carbons (Fsp3) is 0.179. The minimum absolute atomic E-state index is 0. The predicted molar refractivity (Wildman–Crippen MR) is 178 cm³/mol. The van der Waals surface area contributed by atoms with Crippen molar-refractivity contribution in [1.82, 2.24) is 19.3 Å². The van der Waals surface area contributed by atoms with Gasteiger partial charge in [-0.25, -0.2) is 4.98 Å². The molecule has 0 aliphatic carbocycles. The smallest absolute Gasteiger partial charge is 0.509 e. The first-order valence-electron chi connectivity index (χ1n) is 15.1. The fourth-order valence-corrected chi connectivity index (χ4v) is 6.22. The summed E-state index contributed by atoms with van der Waals surface area (Å²) in [6, 6.07) is 33.9. The Kier molecular flexibility index (Phi) is 8.48. The molecule has 0 spiro atoms. The molecule has 0 N–H and O–H groups in total. The Balaban J connectivity index is 0.00000357. The summed E-state index contributed by atoms with van der Waals surface area (Å²) >= 11 is 0. The number of benzene rings is 4. The number of aromatic nitrogens is 4. The monoisotopic (exact) mass is 769 g/mol. The van der Waals surface area contributed by atoms with Crippen LogP contribution in [0.5, 0.6) is 11.5 Å². The minimum atomic E-state index is 0. The van der Waals surface area contributed by atoms with Gasteiger partial charge < -0.3 is 9.30 Å². The van der Waals surface area contributed by atoms with E-state index in [-0.39, 0.29) is 21.1 Å². The quantitative estimate of drug-likeness (QED) is 0.152. The van der Waals surface area contributed by atoms with Crippen molar-refractivity contribution in [1.29, 1.82) is 0 Å². The maximum Gasteiger partial charge on any atom is 2.00 e. The van der Waals surface area contributed by atoms with Crippen LogP contribution >= 0.6 is 0 Å². The number of fused-ring (bicyclic) bond motifs is 3. The van der Waals surface area contributed by atoms with Gasteiger partial charge in [0, 0.05) is 35.0 Å². The molecule has 0 saturated heterocycles. The Labute approximate surface area is 278 Å². The van der Waals surface area contributed by atoms with Gasteiger partial charge in [-0.3, -0.25) is 4.68 Å². The van der Waals surface area contributed by atoms with E-state index >= 15 is 0 Å². The Morgan fingerprint density at radius 3 is 2.47 bits per heavy atom. The number of ether oxygens (including phenoxy) is 1. The molecule has 0 atom stereocenters. The zero-order chi connectivity index (χ0) is 30.4. The number of aryl methyl sites for hydroxylation is 3. The summed E-state index contributed by atoms with van der Waals surface area (Å²) in [5.74, 6) is 2.63. The normalized spacial score (nSPS) is 11.3. The van der Waals surface area contributed by atoms with E-state index in [1.54, 1.807) is 0 Å². The molecular formula is C39H34N4OPt. The van der Waals surface area contributed by atoms with E-state index in [1.165, 1.54) is 22.3 Å². The van der Waals surface area contributed by atoms with Crippen LogP contribution in [0.1, 0.15) is 36.1 Å². The third-order valence-corrected chi connectivity index (χ3v) is 7.97. The molecule has 7 rings (SSSR count). The molecular weight excluding hydrogens is 736 g/mol. The van der Waals surface area contributed by atoms with Gasteiger partial charge in [-0.2, -0.15) is 17.2 Å². The van der Waals surface area contributed by atoms with Gasteiger partial charge in [0.05, 0.1) is 6.20 Å². The van der Waals surface area contributed by atoms with E-state index in [4.69, 9.17) is 9.84 Å². The maximum absolute atomic E-state index is 6.36. The molecule has 7 aromatic rings. The van der Waals surface area contributed by atoms with Crippen LogP contribution < -0.4 is 4.74 Å². The van der Waals surface area contributed by atoms with Crippen molar-refractivity contribution < 1.29 is 25.8 Å². The summed E-state index contributed by atoms with van der Waals surface area (Å²) in [7, 11) is 0. The van der Waals surface area contributed by atoms with Crippen molar-refractivity contribution in [2.24, 2.45) is 5.92 Å². The molecule has 3 aromatic heterocycles. The van der Waals surface area contributed by atoms with Gasteiger partial charge in [-0.15, -0.1) is 35.7 Å². The standard InChI is InChI=1S/C39H34N4O.Pt/c1-25(2)17-29-19-27(4)18-28(5)39(29)30-23-41-42(24-30)31-9-8-10-32(21-31)44-33-13-14-35-34-11-6-7-12-36(34)43(37(35)22-33)38-20-26(3)15-16-40-38;/h6-16,18-20,23-25H,17H2,1-5H3;/q-2;+2. The van der Waals surface area contributed by atoms with Gasteiger partial charge in [0.25, 0.3) is 0 Å². The minimum Gasteiger partial charge on any atom is -0.509 e. The molecule has 226 valence electrons. The molecule has 3 heterocycles. The molecule has 6 heteroatoms. The van der Waals surface area contributed by atoms with Crippen LogP contribution in [0.25, 0.3) is 44.4 Å². The van der Waals surface area contributed by atoms with E-state index in [2.05, 4.69) is 111 Å². The van der Waals surface area contributed by atoms with Crippen molar-refractivity contribution in [2.75, 3.05) is 0 Å². The molecule has 0 aliphatic rings.